The topological polar surface area (TPSA) is 47.0 Å². The molecule has 1 heterocycles. The number of benzene rings is 1. The second kappa shape index (κ2) is 7.36. The van der Waals surface area contributed by atoms with Gasteiger partial charge in [-0.25, -0.2) is 4.98 Å². The van der Waals surface area contributed by atoms with E-state index in [1.165, 1.54) is 22.7 Å². The zero-order valence-corrected chi connectivity index (χ0v) is 13.0. The second-order valence-corrected chi connectivity index (χ2v) is 5.62. The van der Waals surface area contributed by atoms with E-state index in [-0.39, 0.29) is 0 Å². The van der Waals surface area contributed by atoms with E-state index < -0.39 is 0 Å². The minimum Gasteiger partial charge on any atom is -0.377 e. The van der Waals surface area contributed by atoms with Crippen LogP contribution < -0.4 is 5.32 Å². The first-order valence-electron chi connectivity index (χ1n) is 6.92. The molecule has 2 aromatic rings. The quantitative estimate of drug-likeness (QED) is 0.842. The number of ether oxygens (including phenoxy) is 1. The van der Waals surface area contributed by atoms with Gasteiger partial charge in [0.15, 0.2) is 0 Å². The van der Waals surface area contributed by atoms with Crippen LogP contribution in [0.2, 0.25) is 0 Å². The summed E-state index contributed by atoms with van der Waals surface area (Å²) in [5.41, 5.74) is 2.46. The predicted molar refractivity (Wildman–Crippen MR) is 83.1 cm³/mol. The highest BCUT2D eigenvalue weighted by atomic mass is 32.1. The summed E-state index contributed by atoms with van der Waals surface area (Å²) in [5.74, 6) is 1.27. The summed E-state index contributed by atoms with van der Waals surface area (Å²) in [5, 5.41) is 4.22. The molecule has 0 radical (unpaired) electrons. The molecule has 20 heavy (non-hydrogen) atoms. The van der Waals surface area contributed by atoms with Gasteiger partial charge in [0.25, 0.3) is 0 Å². The van der Waals surface area contributed by atoms with Crippen LogP contribution in [0, 0.1) is 0 Å². The van der Waals surface area contributed by atoms with Crippen LogP contribution in [0.3, 0.4) is 0 Å². The van der Waals surface area contributed by atoms with Crippen molar-refractivity contribution in [2.24, 2.45) is 0 Å². The molecule has 108 valence electrons. The highest BCUT2D eigenvalue weighted by Crippen LogP contribution is 2.19. The van der Waals surface area contributed by atoms with Crippen LogP contribution in [0.25, 0.3) is 0 Å². The number of nitrogens with zero attached hydrogens (tertiary/aromatic N) is 2. The van der Waals surface area contributed by atoms with Crippen LogP contribution in [0.4, 0.5) is 5.13 Å². The molecule has 0 aliphatic rings. The highest BCUT2D eigenvalue weighted by Gasteiger charge is 2.08. The van der Waals surface area contributed by atoms with Gasteiger partial charge in [0.1, 0.15) is 5.82 Å². The van der Waals surface area contributed by atoms with E-state index in [0.29, 0.717) is 12.5 Å². The number of hydrogen-bond donors (Lipinski definition) is 1. The Labute approximate surface area is 124 Å². The summed E-state index contributed by atoms with van der Waals surface area (Å²) < 4.78 is 9.84. The first kappa shape index (κ1) is 14.9. The Kier molecular flexibility index (Phi) is 5.49. The van der Waals surface area contributed by atoms with Crippen molar-refractivity contribution in [1.29, 1.82) is 0 Å². The molecule has 5 heteroatoms. The predicted octanol–water partition coefficient (Wildman–Crippen LogP) is 3.81. The minimum atomic E-state index is 0.368. The van der Waals surface area contributed by atoms with Crippen molar-refractivity contribution in [2.75, 3.05) is 11.9 Å². The van der Waals surface area contributed by atoms with Gasteiger partial charge in [-0.05, 0) is 18.1 Å². The summed E-state index contributed by atoms with van der Waals surface area (Å²) in [7, 11) is 0. The molecule has 0 unspecified atom stereocenters. The van der Waals surface area contributed by atoms with Crippen molar-refractivity contribution in [3.8, 4) is 0 Å². The van der Waals surface area contributed by atoms with E-state index in [1.54, 1.807) is 0 Å². The molecule has 4 nitrogen and oxygen atoms in total. The number of aromatic nitrogens is 2. The van der Waals surface area contributed by atoms with Crippen molar-refractivity contribution < 1.29 is 4.74 Å². The molecule has 0 saturated carbocycles. The molecular formula is C15H21N3OS. The van der Waals surface area contributed by atoms with Gasteiger partial charge in [-0.1, -0.05) is 38.1 Å². The van der Waals surface area contributed by atoms with Crippen LogP contribution in [0.5, 0.6) is 0 Å². The average molecular weight is 291 g/mol. The monoisotopic (exact) mass is 291 g/mol. The van der Waals surface area contributed by atoms with Gasteiger partial charge in [-0.15, -0.1) is 0 Å². The van der Waals surface area contributed by atoms with Gasteiger partial charge in [0.2, 0.25) is 5.13 Å². The Bertz CT molecular complexity index is 539. The smallest absolute Gasteiger partial charge is 0.202 e. The first-order valence-corrected chi connectivity index (χ1v) is 7.70. The van der Waals surface area contributed by atoms with Crippen molar-refractivity contribution >= 4 is 16.7 Å². The van der Waals surface area contributed by atoms with Gasteiger partial charge < -0.3 is 10.1 Å². The summed E-state index contributed by atoms with van der Waals surface area (Å²) in [6.45, 7) is 8.34. The van der Waals surface area contributed by atoms with E-state index in [0.717, 1.165) is 24.1 Å². The number of anilines is 1. The van der Waals surface area contributed by atoms with Crippen molar-refractivity contribution in [1.82, 2.24) is 9.36 Å². The van der Waals surface area contributed by atoms with Crippen LogP contribution in [0.15, 0.2) is 24.3 Å². The molecule has 0 saturated heterocycles. The maximum Gasteiger partial charge on any atom is 0.202 e. The lowest BCUT2D eigenvalue weighted by atomic mass is 10.1. The van der Waals surface area contributed by atoms with E-state index in [9.17, 15) is 0 Å². The lowest BCUT2D eigenvalue weighted by Crippen LogP contribution is -2.04. The molecule has 0 spiro atoms. The summed E-state index contributed by atoms with van der Waals surface area (Å²) in [4.78, 5) is 4.48. The van der Waals surface area contributed by atoms with Gasteiger partial charge in [-0.2, -0.15) is 4.37 Å². The lowest BCUT2D eigenvalue weighted by molar-refractivity contribution is 0.133. The van der Waals surface area contributed by atoms with Crippen LogP contribution in [0.1, 0.15) is 43.6 Å². The lowest BCUT2D eigenvalue weighted by Gasteiger charge is -2.09. The zero-order valence-electron chi connectivity index (χ0n) is 12.2. The fourth-order valence-corrected chi connectivity index (χ4v) is 2.50. The van der Waals surface area contributed by atoms with E-state index in [4.69, 9.17) is 4.74 Å². The average Bonchev–Trinajstić information content (AvgIpc) is 2.93. The maximum absolute atomic E-state index is 5.49. The molecule has 1 aromatic carbocycles. The molecule has 1 N–H and O–H groups in total. The molecule has 0 aliphatic heterocycles. The van der Waals surface area contributed by atoms with E-state index in [2.05, 4.69) is 40.7 Å². The molecule has 1 aromatic heterocycles. The largest absolute Gasteiger partial charge is 0.377 e. The Morgan fingerprint density at radius 2 is 2.00 bits per heavy atom. The highest BCUT2D eigenvalue weighted by molar-refractivity contribution is 7.09. The van der Waals surface area contributed by atoms with Crippen LogP contribution >= 0.6 is 11.5 Å². The molecule has 0 fully saturated rings. The molecule has 0 aliphatic carbocycles. The fraction of sp³-hybridized carbons (Fsp3) is 0.467. The van der Waals surface area contributed by atoms with Gasteiger partial charge in [0, 0.05) is 30.6 Å². The van der Waals surface area contributed by atoms with Gasteiger partial charge in [-0.3, -0.25) is 0 Å². The molecular weight excluding hydrogens is 270 g/mol. The Morgan fingerprint density at radius 3 is 2.65 bits per heavy atom. The van der Waals surface area contributed by atoms with Crippen LogP contribution in [-0.2, 0) is 17.9 Å². The number of nitrogens with one attached hydrogen (secondary N) is 1. The summed E-state index contributed by atoms with van der Waals surface area (Å²) in [6.07, 6.45) is 0. The minimum absolute atomic E-state index is 0.368. The number of rotatable bonds is 7. The molecule has 0 atom stereocenters. The molecule has 2 rings (SSSR count). The Morgan fingerprint density at radius 1 is 1.25 bits per heavy atom. The van der Waals surface area contributed by atoms with Crippen LogP contribution in [-0.4, -0.2) is 16.0 Å². The maximum atomic E-state index is 5.49. The molecule has 0 bridgehead atoms. The summed E-state index contributed by atoms with van der Waals surface area (Å²) in [6, 6.07) is 8.31. The zero-order chi connectivity index (χ0) is 14.4. The Hall–Kier alpha value is -1.46. The second-order valence-electron chi connectivity index (χ2n) is 4.87. The molecule has 0 amide bonds. The third kappa shape index (κ3) is 4.02. The van der Waals surface area contributed by atoms with E-state index in [1.807, 2.05) is 19.1 Å². The normalized spacial score (nSPS) is 11.0. The van der Waals surface area contributed by atoms with Crippen molar-refractivity contribution in [3.05, 3.63) is 41.2 Å². The standard InChI is InChI=1S/C15H21N3OS/c1-4-19-10-13-8-6-5-7-12(13)9-16-15-17-14(11(2)3)18-20-15/h5-8,11H,4,9-10H2,1-3H3,(H,16,17,18). The van der Waals surface area contributed by atoms with Crippen molar-refractivity contribution in [3.63, 3.8) is 0 Å². The Balaban J connectivity index is 1.99. The van der Waals surface area contributed by atoms with E-state index >= 15 is 0 Å². The van der Waals surface area contributed by atoms with Crippen molar-refractivity contribution in [2.45, 2.75) is 39.8 Å². The third-order valence-electron chi connectivity index (χ3n) is 2.97. The first-order chi connectivity index (χ1) is 9.70. The third-order valence-corrected chi connectivity index (χ3v) is 3.66. The number of hydrogen-bond acceptors (Lipinski definition) is 5. The SMILES string of the molecule is CCOCc1ccccc1CNc1nc(C(C)C)ns1. The van der Waals surface area contributed by atoms with Gasteiger partial charge in [0.05, 0.1) is 6.61 Å². The summed E-state index contributed by atoms with van der Waals surface area (Å²) >= 11 is 1.42. The van der Waals surface area contributed by atoms with Gasteiger partial charge >= 0.3 is 0 Å². The fourth-order valence-electron chi connectivity index (χ4n) is 1.79.